The van der Waals surface area contributed by atoms with E-state index in [4.69, 9.17) is 5.26 Å². The maximum atomic E-state index is 12.4. The quantitative estimate of drug-likeness (QED) is 0.579. The summed E-state index contributed by atoms with van der Waals surface area (Å²) in [6.45, 7) is 4.31. The Labute approximate surface area is 163 Å². The van der Waals surface area contributed by atoms with Gasteiger partial charge in [-0.2, -0.15) is 5.26 Å². The molecule has 0 fully saturated rings. The van der Waals surface area contributed by atoms with E-state index in [9.17, 15) is 8.42 Å². The van der Waals surface area contributed by atoms with Gasteiger partial charge in [0.15, 0.2) is 0 Å². The zero-order valence-electron chi connectivity index (χ0n) is 15.4. The Morgan fingerprint density at radius 3 is 2.64 bits per heavy atom. The van der Waals surface area contributed by atoms with E-state index in [2.05, 4.69) is 25.0 Å². The standard InChI is InChI=1S/C18H19N7O2S/c1-13-14(2)25(12-23-13)18-9-17(21-11-22-18)20-7-8-24-28(26,27)16-6-4-3-5-15(16)10-19/h3-6,9,11-12,24H,7-8H2,1-2H3,(H,20,21,22). The van der Waals surface area contributed by atoms with Crippen molar-refractivity contribution in [3.05, 3.63) is 59.9 Å². The fraction of sp³-hybridized carbons (Fsp3) is 0.222. The van der Waals surface area contributed by atoms with E-state index in [0.29, 0.717) is 18.2 Å². The van der Waals surface area contributed by atoms with Gasteiger partial charge in [-0.05, 0) is 26.0 Å². The van der Waals surface area contributed by atoms with Crippen LogP contribution in [0.1, 0.15) is 17.0 Å². The highest BCUT2D eigenvalue weighted by atomic mass is 32.2. The number of sulfonamides is 1. The summed E-state index contributed by atoms with van der Waals surface area (Å²) in [4.78, 5) is 12.6. The highest BCUT2D eigenvalue weighted by Gasteiger charge is 2.17. The summed E-state index contributed by atoms with van der Waals surface area (Å²) >= 11 is 0. The number of aromatic nitrogens is 4. The molecule has 28 heavy (non-hydrogen) atoms. The highest BCUT2D eigenvalue weighted by molar-refractivity contribution is 7.89. The number of aryl methyl sites for hydroxylation is 1. The van der Waals surface area contributed by atoms with Crippen LogP contribution in [-0.4, -0.2) is 41.0 Å². The molecule has 0 radical (unpaired) electrons. The van der Waals surface area contributed by atoms with E-state index in [1.807, 2.05) is 24.5 Å². The molecule has 0 amide bonds. The average Bonchev–Trinajstić information content (AvgIpc) is 3.04. The lowest BCUT2D eigenvalue weighted by atomic mass is 10.2. The molecule has 2 aromatic heterocycles. The predicted octanol–water partition coefficient (Wildman–Crippen LogP) is 1.54. The van der Waals surface area contributed by atoms with Crippen molar-refractivity contribution < 1.29 is 8.42 Å². The molecule has 0 saturated carbocycles. The third-order valence-corrected chi connectivity index (χ3v) is 5.69. The lowest BCUT2D eigenvalue weighted by Crippen LogP contribution is -2.29. The Morgan fingerprint density at radius 1 is 1.14 bits per heavy atom. The summed E-state index contributed by atoms with van der Waals surface area (Å²) in [5, 5.41) is 12.1. The molecule has 3 rings (SSSR count). The van der Waals surface area contributed by atoms with Crippen LogP contribution in [0.4, 0.5) is 5.82 Å². The van der Waals surface area contributed by atoms with Gasteiger partial charge in [-0.15, -0.1) is 0 Å². The summed E-state index contributed by atoms with van der Waals surface area (Å²) in [5.41, 5.74) is 2.00. The van der Waals surface area contributed by atoms with E-state index < -0.39 is 10.0 Å². The normalized spacial score (nSPS) is 11.2. The second kappa shape index (κ2) is 8.16. The Balaban J connectivity index is 1.62. The van der Waals surface area contributed by atoms with Gasteiger partial charge in [-0.3, -0.25) is 4.57 Å². The number of nitriles is 1. The maximum Gasteiger partial charge on any atom is 0.241 e. The first-order valence-corrected chi connectivity index (χ1v) is 9.96. The Bertz CT molecular complexity index is 1130. The van der Waals surface area contributed by atoms with Crippen molar-refractivity contribution in [1.82, 2.24) is 24.2 Å². The minimum atomic E-state index is -3.77. The molecule has 0 saturated heterocycles. The first-order valence-electron chi connectivity index (χ1n) is 8.48. The number of nitrogens with one attached hydrogen (secondary N) is 2. The second-order valence-electron chi connectivity index (χ2n) is 5.98. The molecular weight excluding hydrogens is 378 g/mol. The molecule has 10 heteroatoms. The fourth-order valence-corrected chi connectivity index (χ4v) is 3.74. The third-order valence-electron chi connectivity index (χ3n) is 4.17. The number of anilines is 1. The molecule has 0 aliphatic carbocycles. The van der Waals surface area contributed by atoms with Gasteiger partial charge < -0.3 is 5.32 Å². The average molecular weight is 397 g/mol. The molecule has 3 aromatic rings. The summed E-state index contributed by atoms with van der Waals surface area (Å²) in [7, 11) is -3.77. The van der Waals surface area contributed by atoms with Crippen LogP contribution < -0.4 is 10.0 Å². The van der Waals surface area contributed by atoms with Crippen molar-refractivity contribution >= 4 is 15.8 Å². The molecule has 2 N–H and O–H groups in total. The van der Waals surface area contributed by atoms with Crippen molar-refractivity contribution in [3.8, 4) is 11.9 Å². The van der Waals surface area contributed by atoms with Crippen LogP contribution >= 0.6 is 0 Å². The van der Waals surface area contributed by atoms with Crippen LogP contribution in [0.5, 0.6) is 0 Å². The molecule has 9 nitrogen and oxygen atoms in total. The van der Waals surface area contributed by atoms with E-state index >= 15 is 0 Å². The summed E-state index contributed by atoms with van der Waals surface area (Å²) < 4.78 is 29.1. The number of imidazole rings is 1. The van der Waals surface area contributed by atoms with Crippen LogP contribution in [0.2, 0.25) is 0 Å². The van der Waals surface area contributed by atoms with Crippen molar-refractivity contribution in [2.24, 2.45) is 0 Å². The van der Waals surface area contributed by atoms with E-state index in [1.165, 1.54) is 18.5 Å². The van der Waals surface area contributed by atoms with Crippen LogP contribution in [0.3, 0.4) is 0 Å². The van der Waals surface area contributed by atoms with Gasteiger partial charge in [-0.1, -0.05) is 12.1 Å². The summed E-state index contributed by atoms with van der Waals surface area (Å²) in [5.74, 6) is 1.23. The molecular formula is C18H19N7O2S. The second-order valence-corrected chi connectivity index (χ2v) is 7.71. The SMILES string of the molecule is Cc1ncn(-c2cc(NCCNS(=O)(=O)c3ccccc3C#N)ncn2)c1C. The molecule has 144 valence electrons. The first kappa shape index (κ1) is 19.5. The lowest BCUT2D eigenvalue weighted by molar-refractivity contribution is 0.582. The number of benzene rings is 1. The van der Waals surface area contributed by atoms with Crippen molar-refractivity contribution in [3.63, 3.8) is 0 Å². The molecule has 0 aliphatic heterocycles. The number of rotatable bonds is 7. The topological polar surface area (TPSA) is 126 Å². The summed E-state index contributed by atoms with van der Waals surface area (Å²) in [6, 6.07) is 9.71. The molecule has 0 bridgehead atoms. The smallest absolute Gasteiger partial charge is 0.241 e. The van der Waals surface area contributed by atoms with E-state index in [0.717, 1.165) is 11.4 Å². The van der Waals surface area contributed by atoms with E-state index in [1.54, 1.807) is 24.5 Å². The zero-order valence-corrected chi connectivity index (χ0v) is 16.2. The van der Waals surface area contributed by atoms with Crippen LogP contribution in [0.15, 0.2) is 47.9 Å². The Hall–Kier alpha value is -3.29. The monoisotopic (exact) mass is 397 g/mol. The lowest BCUT2D eigenvalue weighted by Gasteiger charge is -2.10. The largest absolute Gasteiger partial charge is 0.369 e. The first-order chi connectivity index (χ1) is 13.4. The Morgan fingerprint density at radius 2 is 1.93 bits per heavy atom. The molecule has 1 aromatic carbocycles. The van der Waals surface area contributed by atoms with Gasteiger partial charge in [-0.25, -0.2) is 28.1 Å². The van der Waals surface area contributed by atoms with Gasteiger partial charge in [0, 0.05) is 24.8 Å². The van der Waals surface area contributed by atoms with Crippen molar-refractivity contribution in [1.29, 1.82) is 5.26 Å². The molecule has 0 atom stereocenters. The predicted molar refractivity (Wildman–Crippen MR) is 103 cm³/mol. The summed E-state index contributed by atoms with van der Waals surface area (Å²) in [6.07, 6.45) is 3.12. The molecule has 0 spiro atoms. The zero-order chi connectivity index (χ0) is 20.1. The minimum Gasteiger partial charge on any atom is -0.369 e. The number of nitrogens with zero attached hydrogens (tertiary/aromatic N) is 5. The van der Waals surface area contributed by atoms with Gasteiger partial charge in [0.05, 0.1) is 16.2 Å². The minimum absolute atomic E-state index is 0.0345. The maximum absolute atomic E-state index is 12.4. The van der Waals surface area contributed by atoms with Gasteiger partial charge in [0.2, 0.25) is 10.0 Å². The third kappa shape index (κ3) is 4.16. The van der Waals surface area contributed by atoms with Crippen LogP contribution in [0, 0.1) is 25.2 Å². The molecule has 2 heterocycles. The number of hydrogen-bond donors (Lipinski definition) is 2. The molecule has 0 aliphatic rings. The van der Waals surface area contributed by atoms with Crippen molar-refractivity contribution in [2.75, 3.05) is 18.4 Å². The number of hydrogen-bond acceptors (Lipinski definition) is 7. The van der Waals surface area contributed by atoms with Gasteiger partial charge in [0.25, 0.3) is 0 Å². The fourth-order valence-electron chi connectivity index (χ4n) is 2.55. The Kier molecular flexibility index (Phi) is 5.67. The van der Waals surface area contributed by atoms with E-state index in [-0.39, 0.29) is 17.0 Å². The van der Waals surface area contributed by atoms with Gasteiger partial charge >= 0.3 is 0 Å². The van der Waals surface area contributed by atoms with Crippen LogP contribution in [-0.2, 0) is 10.0 Å². The van der Waals surface area contributed by atoms with Crippen molar-refractivity contribution in [2.45, 2.75) is 18.7 Å². The highest BCUT2D eigenvalue weighted by Crippen LogP contribution is 2.15. The molecule has 0 unspecified atom stereocenters. The van der Waals surface area contributed by atoms with Crippen LogP contribution in [0.25, 0.3) is 5.82 Å². The van der Waals surface area contributed by atoms with Gasteiger partial charge in [0.1, 0.15) is 30.4 Å².